The van der Waals surface area contributed by atoms with Crippen LogP contribution in [0.3, 0.4) is 0 Å². The van der Waals surface area contributed by atoms with Gasteiger partial charge < -0.3 is 14.8 Å². The number of rotatable bonds is 1. The molecule has 1 aromatic rings. The molecule has 2 atom stereocenters. The highest BCUT2D eigenvalue weighted by Crippen LogP contribution is 2.40. The summed E-state index contributed by atoms with van der Waals surface area (Å²) in [6.45, 7) is 0.871. The Morgan fingerprint density at radius 2 is 2.17 bits per heavy atom. The molecule has 0 amide bonds. The summed E-state index contributed by atoms with van der Waals surface area (Å²) in [6.07, 6.45) is -2.84. The quantitative estimate of drug-likeness (QED) is 0.841. The van der Waals surface area contributed by atoms with E-state index in [1.165, 1.54) is 12.1 Å². The molecule has 0 saturated carbocycles. The minimum atomic E-state index is -4.67. The first-order valence-corrected chi connectivity index (χ1v) is 5.81. The number of piperidine rings is 1. The van der Waals surface area contributed by atoms with Gasteiger partial charge in [-0.3, -0.25) is 0 Å². The van der Waals surface area contributed by atoms with E-state index in [1.807, 2.05) is 0 Å². The van der Waals surface area contributed by atoms with Crippen molar-refractivity contribution in [2.45, 2.75) is 31.3 Å². The summed E-state index contributed by atoms with van der Waals surface area (Å²) in [4.78, 5) is 0. The second-order valence-electron chi connectivity index (χ2n) is 4.52. The van der Waals surface area contributed by atoms with Gasteiger partial charge in [-0.05, 0) is 19.0 Å². The Hall–Kier alpha value is -1.43. The van der Waals surface area contributed by atoms with Crippen LogP contribution in [0.15, 0.2) is 18.2 Å². The zero-order chi connectivity index (χ0) is 12.8. The lowest BCUT2D eigenvalue weighted by Crippen LogP contribution is -2.40. The average Bonchev–Trinajstić information content (AvgIpc) is 2.26. The number of hydrogen-bond acceptors (Lipinski definition) is 3. The van der Waals surface area contributed by atoms with Crippen molar-refractivity contribution in [2.24, 2.45) is 0 Å². The topological polar surface area (TPSA) is 30.5 Å². The molecule has 3 rings (SSSR count). The number of fused-ring (bicyclic) bond motifs is 4. The van der Waals surface area contributed by atoms with Crippen molar-refractivity contribution in [3.8, 4) is 11.5 Å². The Labute approximate surface area is 102 Å². The van der Waals surface area contributed by atoms with Gasteiger partial charge in [0.2, 0.25) is 0 Å². The fourth-order valence-corrected chi connectivity index (χ4v) is 2.51. The van der Waals surface area contributed by atoms with Gasteiger partial charge in [-0.25, -0.2) is 0 Å². The van der Waals surface area contributed by atoms with Gasteiger partial charge in [0, 0.05) is 24.1 Å². The molecule has 2 aliphatic heterocycles. The van der Waals surface area contributed by atoms with Crippen LogP contribution in [-0.4, -0.2) is 19.0 Å². The van der Waals surface area contributed by atoms with Crippen LogP contribution >= 0.6 is 0 Å². The van der Waals surface area contributed by atoms with Crippen LogP contribution in [0.25, 0.3) is 0 Å². The lowest BCUT2D eigenvalue weighted by molar-refractivity contribution is -0.274. The molecule has 2 bridgehead atoms. The largest absolute Gasteiger partial charge is 0.573 e. The molecule has 1 fully saturated rings. The molecule has 98 valence electrons. The zero-order valence-electron chi connectivity index (χ0n) is 9.46. The van der Waals surface area contributed by atoms with E-state index in [-0.39, 0.29) is 17.9 Å². The second kappa shape index (κ2) is 4.05. The molecule has 1 saturated heterocycles. The highest BCUT2D eigenvalue weighted by Gasteiger charge is 2.34. The van der Waals surface area contributed by atoms with Crippen molar-refractivity contribution in [1.82, 2.24) is 5.32 Å². The molecule has 3 nitrogen and oxygen atoms in total. The molecule has 0 spiro atoms. The maximum atomic E-state index is 12.1. The van der Waals surface area contributed by atoms with Crippen molar-refractivity contribution >= 4 is 0 Å². The van der Waals surface area contributed by atoms with Crippen LogP contribution in [0, 0.1) is 0 Å². The number of nitrogens with one attached hydrogen (secondary N) is 1. The van der Waals surface area contributed by atoms with E-state index >= 15 is 0 Å². The minimum Gasteiger partial charge on any atom is -0.490 e. The first-order chi connectivity index (χ1) is 8.51. The Kier molecular flexibility index (Phi) is 2.62. The Morgan fingerprint density at radius 3 is 2.94 bits per heavy atom. The molecule has 2 aliphatic rings. The lowest BCUT2D eigenvalue weighted by atomic mass is 9.92. The normalized spacial score (nSPS) is 26.2. The third-order valence-electron chi connectivity index (χ3n) is 3.24. The van der Waals surface area contributed by atoms with E-state index in [0.717, 1.165) is 24.9 Å². The third kappa shape index (κ3) is 2.25. The van der Waals surface area contributed by atoms with E-state index in [4.69, 9.17) is 4.74 Å². The van der Waals surface area contributed by atoms with Gasteiger partial charge in [0.1, 0.15) is 17.6 Å². The van der Waals surface area contributed by atoms with E-state index in [9.17, 15) is 13.2 Å². The third-order valence-corrected chi connectivity index (χ3v) is 3.24. The second-order valence-corrected chi connectivity index (χ2v) is 4.52. The number of benzene rings is 1. The summed E-state index contributed by atoms with van der Waals surface area (Å²) in [5.41, 5.74) is 0.903. The molecule has 0 radical (unpaired) electrons. The average molecular weight is 259 g/mol. The van der Waals surface area contributed by atoms with Gasteiger partial charge >= 0.3 is 6.36 Å². The van der Waals surface area contributed by atoms with Gasteiger partial charge in [0.05, 0.1) is 0 Å². The first-order valence-electron chi connectivity index (χ1n) is 5.81. The highest BCUT2D eigenvalue weighted by molar-refractivity contribution is 5.44. The van der Waals surface area contributed by atoms with E-state index in [0.29, 0.717) is 5.75 Å². The van der Waals surface area contributed by atoms with Crippen molar-refractivity contribution in [3.63, 3.8) is 0 Å². The van der Waals surface area contributed by atoms with Crippen LogP contribution < -0.4 is 14.8 Å². The summed E-state index contributed by atoms with van der Waals surface area (Å²) >= 11 is 0. The van der Waals surface area contributed by atoms with Gasteiger partial charge in [-0.1, -0.05) is 6.07 Å². The number of ether oxygens (including phenoxy) is 2. The summed E-state index contributed by atoms with van der Waals surface area (Å²) in [7, 11) is 0. The summed E-state index contributed by atoms with van der Waals surface area (Å²) in [5, 5.41) is 3.33. The van der Waals surface area contributed by atoms with Gasteiger partial charge in [-0.15, -0.1) is 13.2 Å². The fourth-order valence-electron chi connectivity index (χ4n) is 2.51. The Balaban J connectivity index is 1.89. The summed E-state index contributed by atoms with van der Waals surface area (Å²) < 4.78 is 45.9. The van der Waals surface area contributed by atoms with Crippen LogP contribution in [0.4, 0.5) is 13.2 Å². The van der Waals surface area contributed by atoms with E-state index in [1.54, 1.807) is 6.07 Å². The predicted molar refractivity (Wildman–Crippen MR) is 57.5 cm³/mol. The monoisotopic (exact) mass is 259 g/mol. The van der Waals surface area contributed by atoms with E-state index < -0.39 is 6.36 Å². The SMILES string of the molecule is FC(F)(F)Oc1ccc2c(c1)O[C@@H]1CCN[C@H]2C1. The molecular formula is C12H12F3NO2. The maximum Gasteiger partial charge on any atom is 0.573 e. The number of hydrogen-bond donors (Lipinski definition) is 1. The number of halogens is 3. The summed E-state index contributed by atoms with van der Waals surface area (Å²) in [5.74, 6) is 0.256. The zero-order valence-corrected chi connectivity index (χ0v) is 9.46. The number of alkyl halides is 3. The van der Waals surface area contributed by atoms with Gasteiger partial charge in [0.25, 0.3) is 0 Å². The van der Waals surface area contributed by atoms with Crippen molar-refractivity contribution in [3.05, 3.63) is 23.8 Å². The van der Waals surface area contributed by atoms with Crippen LogP contribution in [0.5, 0.6) is 11.5 Å². The van der Waals surface area contributed by atoms with Crippen LogP contribution in [-0.2, 0) is 0 Å². The fraction of sp³-hybridized carbons (Fsp3) is 0.500. The Morgan fingerprint density at radius 1 is 1.33 bits per heavy atom. The lowest BCUT2D eigenvalue weighted by Gasteiger charge is -2.37. The molecular weight excluding hydrogens is 247 g/mol. The first kappa shape index (κ1) is 11.6. The molecule has 18 heavy (non-hydrogen) atoms. The van der Waals surface area contributed by atoms with Gasteiger partial charge in [0.15, 0.2) is 0 Å². The molecule has 1 N–H and O–H groups in total. The van der Waals surface area contributed by atoms with Crippen molar-refractivity contribution in [2.75, 3.05) is 6.54 Å². The molecule has 1 aromatic carbocycles. The smallest absolute Gasteiger partial charge is 0.490 e. The van der Waals surface area contributed by atoms with Crippen LogP contribution in [0.1, 0.15) is 24.4 Å². The molecule has 6 heteroatoms. The minimum absolute atomic E-state index is 0.0879. The molecule has 2 heterocycles. The highest BCUT2D eigenvalue weighted by atomic mass is 19.4. The molecule has 0 unspecified atom stereocenters. The van der Waals surface area contributed by atoms with E-state index in [2.05, 4.69) is 10.1 Å². The predicted octanol–water partition coefficient (Wildman–Crippen LogP) is 2.77. The maximum absolute atomic E-state index is 12.1. The standard InChI is InChI=1S/C12H12F3NO2/c13-12(14,15)18-8-1-2-9-10-5-7(3-4-16-10)17-11(9)6-8/h1-2,6-7,10,16H,3-5H2/t7-,10+/m1/s1. The Bertz CT molecular complexity index is 461. The summed E-state index contributed by atoms with van der Waals surface area (Å²) in [6, 6.07) is 4.45. The molecule has 0 aliphatic carbocycles. The van der Waals surface area contributed by atoms with Crippen molar-refractivity contribution < 1.29 is 22.6 Å². The van der Waals surface area contributed by atoms with Gasteiger partial charge in [-0.2, -0.15) is 0 Å². The van der Waals surface area contributed by atoms with Crippen molar-refractivity contribution in [1.29, 1.82) is 0 Å². The van der Waals surface area contributed by atoms with Crippen LogP contribution in [0.2, 0.25) is 0 Å². The molecule has 0 aromatic heterocycles.